The lowest BCUT2D eigenvalue weighted by Crippen LogP contribution is -2.27. The van der Waals surface area contributed by atoms with E-state index in [-0.39, 0.29) is 23.9 Å². The first-order valence-electron chi connectivity index (χ1n) is 14.4. The summed E-state index contributed by atoms with van der Waals surface area (Å²) in [5.41, 5.74) is 5.52. The molecule has 1 aliphatic heterocycles. The van der Waals surface area contributed by atoms with E-state index in [0.29, 0.717) is 18.8 Å². The Morgan fingerprint density at radius 3 is 2.38 bits per heavy atom. The van der Waals surface area contributed by atoms with E-state index in [0.717, 1.165) is 62.9 Å². The van der Waals surface area contributed by atoms with Crippen molar-refractivity contribution in [2.45, 2.75) is 72.1 Å². The second kappa shape index (κ2) is 11.9. The monoisotopic (exact) mass is 574 g/mol. The van der Waals surface area contributed by atoms with E-state index in [4.69, 9.17) is 19.4 Å². The molecule has 4 aromatic heterocycles. The topological polar surface area (TPSA) is 106 Å². The Morgan fingerprint density at radius 2 is 1.76 bits per heavy atom. The molecular formula is C33H39FN4O4. The van der Waals surface area contributed by atoms with E-state index in [1.165, 1.54) is 6.20 Å². The van der Waals surface area contributed by atoms with E-state index in [9.17, 15) is 5.11 Å². The minimum absolute atomic E-state index is 0.132. The van der Waals surface area contributed by atoms with Crippen LogP contribution in [0.3, 0.4) is 0 Å². The molecule has 2 N–H and O–H groups in total. The Morgan fingerprint density at radius 1 is 1.05 bits per heavy atom. The summed E-state index contributed by atoms with van der Waals surface area (Å²) in [6.45, 7) is 12.0. The normalized spacial score (nSPS) is 15.3. The molecule has 9 heteroatoms. The number of aromatic nitrogens is 4. The molecule has 0 spiro atoms. The zero-order chi connectivity index (χ0) is 30.2. The predicted molar refractivity (Wildman–Crippen MR) is 161 cm³/mol. The number of ether oxygens (including phenoxy) is 1. The van der Waals surface area contributed by atoms with E-state index >= 15 is 4.39 Å². The molecule has 1 atom stereocenters. The fourth-order valence-electron chi connectivity index (χ4n) is 5.88. The Hall–Kier alpha value is -3.66. The number of nitrogens with zero attached hydrogens (tertiary/aromatic N) is 4. The van der Waals surface area contributed by atoms with Gasteiger partial charge in [-0.2, -0.15) is 0 Å². The third-order valence-electron chi connectivity index (χ3n) is 7.78. The van der Waals surface area contributed by atoms with Crippen molar-refractivity contribution in [2.75, 3.05) is 13.2 Å². The van der Waals surface area contributed by atoms with Crippen molar-refractivity contribution in [2.24, 2.45) is 5.92 Å². The van der Waals surface area contributed by atoms with Crippen LogP contribution >= 0.6 is 0 Å². The first-order valence-corrected chi connectivity index (χ1v) is 14.4. The molecule has 0 aliphatic carbocycles. The van der Waals surface area contributed by atoms with E-state index in [1.54, 1.807) is 40.0 Å². The van der Waals surface area contributed by atoms with Crippen LogP contribution < -0.4 is 0 Å². The minimum Gasteiger partial charge on any atom is -0.394 e. The molecule has 0 amide bonds. The highest BCUT2D eigenvalue weighted by Gasteiger charge is 2.32. The summed E-state index contributed by atoms with van der Waals surface area (Å²) >= 11 is 0. The smallest absolute Gasteiger partial charge is 0.146 e. The number of fused-ring (bicyclic) bond motifs is 3. The third-order valence-corrected chi connectivity index (χ3v) is 7.78. The largest absolute Gasteiger partial charge is 0.394 e. The van der Waals surface area contributed by atoms with Crippen molar-refractivity contribution in [1.29, 1.82) is 0 Å². The standard InChI is InChI=1S/C30H31FN4O3.C3H8O/c1-17-27(18(2)38-34-17)20-13-26-28(33-15-20)23-6-5-21(30(3,4)36)14-25(23)35(26)29(19-8-11-37-12-9-19)22-7-10-32-16-24(22)31;1-3(2)4/h5-7,10,13-16,19,29,36H,8-9,11-12H2,1-4H3;3-4H,1-2H3. The van der Waals surface area contributed by atoms with Crippen LogP contribution in [0.15, 0.2) is 53.4 Å². The fourth-order valence-corrected chi connectivity index (χ4v) is 5.88. The van der Waals surface area contributed by atoms with Crippen molar-refractivity contribution < 1.29 is 23.9 Å². The molecule has 1 unspecified atom stereocenters. The molecule has 8 nitrogen and oxygen atoms in total. The van der Waals surface area contributed by atoms with Gasteiger partial charge in [-0.1, -0.05) is 17.3 Å². The van der Waals surface area contributed by atoms with Gasteiger partial charge in [0.2, 0.25) is 0 Å². The number of aliphatic hydroxyl groups is 2. The fraction of sp³-hybridized carbons (Fsp3) is 0.424. The lowest BCUT2D eigenvalue weighted by atomic mass is 9.86. The van der Waals surface area contributed by atoms with Crippen LogP contribution in [0.4, 0.5) is 4.39 Å². The first-order chi connectivity index (χ1) is 20.0. The van der Waals surface area contributed by atoms with Gasteiger partial charge >= 0.3 is 0 Å². The summed E-state index contributed by atoms with van der Waals surface area (Å²) in [6.07, 6.45) is 6.21. The number of aryl methyl sites for hydroxylation is 2. The summed E-state index contributed by atoms with van der Waals surface area (Å²) in [4.78, 5) is 8.94. The zero-order valence-corrected chi connectivity index (χ0v) is 25.1. The summed E-state index contributed by atoms with van der Waals surface area (Å²) in [5, 5.41) is 24.0. The molecule has 0 bridgehead atoms. The first kappa shape index (κ1) is 29.8. The van der Waals surface area contributed by atoms with Crippen LogP contribution in [0, 0.1) is 25.6 Å². The Kier molecular flexibility index (Phi) is 8.46. The molecule has 222 valence electrons. The number of rotatable bonds is 5. The number of benzene rings is 1. The number of pyridine rings is 2. The molecule has 1 fully saturated rings. The average Bonchev–Trinajstić information content (AvgIpc) is 3.45. The summed E-state index contributed by atoms with van der Waals surface area (Å²) in [6, 6.07) is 9.52. The van der Waals surface area contributed by atoms with Gasteiger partial charge in [-0.3, -0.25) is 9.97 Å². The average molecular weight is 575 g/mol. The van der Waals surface area contributed by atoms with Crippen LogP contribution in [0.1, 0.15) is 69.2 Å². The molecule has 6 rings (SSSR count). The van der Waals surface area contributed by atoms with Gasteiger partial charge in [0.1, 0.15) is 11.6 Å². The number of hydrogen-bond donors (Lipinski definition) is 2. The second-order valence-corrected chi connectivity index (χ2v) is 11.8. The highest BCUT2D eigenvalue weighted by atomic mass is 19.1. The number of aliphatic hydroxyl groups excluding tert-OH is 1. The molecule has 1 saturated heterocycles. The maximum Gasteiger partial charge on any atom is 0.146 e. The maximum absolute atomic E-state index is 15.5. The molecule has 0 radical (unpaired) electrons. The SMILES string of the molecule is CC(C)O.Cc1noc(C)c1-c1cnc2c3ccc(C(C)(C)O)cc3n(C(c3ccncc3F)C3CCOCC3)c2c1. The van der Waals surface area contributed by atoms with Crippen molar-refractivity contribution in [1.82, 2.24) is 19.7 Å². The van der Waals surface area contributed by atoms with Crippen molar-refractivity contribution in [3.8, 4) is 11.1 Å². The van der Waals surface area contributed by atoms with Crippen LogP contribution in [0.25, 0.3) is 33.1 Å². The van der Waals surface area contributed by atoms with Crippen LogP contribution in [-0.4, -0.2) is 49.2 Å². The quantitative estimate of drug-likeness (QED) is 0.243. The number of hydrogen-bond acceptors (Lipinski definition) is 7. The Balaban J connectivity index is 0.000000830. The van der Waals surface area contributed by atoms with Crippen molar-refractivity contribution in [3.63, 3.8) is 0 Å². The van der Waals surface area contributed by atoms with Crippen molar-refractivity contribution >= 4 is 21.9 Å². The summed E-state index contributed by atoms with van der Waals surface area (Å²) in [7, 11) is 0. The highest BCUT2D eigenvalue weighted by Crippen LogP contribution is 2.42. The van der Waals surface area contributed by atoms with E-state index < -0.39 is 5.60 Å². The maximum atomic E-state index is 15.5. The van der Waals surface area contributed by atoms with Gasteiger partial charge in [0.05, 0.1) is 40.1 Å². The van der Waals surface area contributed by atoms with Gasteiger partial charge in [-0.05, 0) is 84.1 Å². The van der Waals surface area contributed by atoms with Crippen LogP contribution in [0.5, 0.6) is 0 Å². The Labute approximate surface area is 245 Å². The predicted octanol–water partition coefficient (Wildman–Crippen LogP) is 6.63. The molecule has 5 aromatic rings. The lowest BCUT2D eigenvalue weighted by molar-refractivity contribution is 0.0548. The van der Waals surface area contributed by atoms with Crippen LogP contribution in [0.2, 0.25) is 0 Å². The Bertz CT molecular complexity index is 1670. The van der Waals surface area contributed by atoms with Gasteiger partial charge in [-0.25, -0.2) is 4.39 Å². The lowest BCUT2D eigenvalue weighted by Gasteiger charge is -2.33. The minimum atomic E-state index is -1.04. The van der Waals surface area contributed by atoms with Crippen LogP contribution in [-0.2, 0) is 10.3 Å². The van der Waals surface area contributed by atoms with E-state index in [1.807, 2.05) is 38.2 Å². The molecule has 1 aliphatic rings. The summed E-state index contributed by atoms with van der Waals surface area (Å²) < 4.78 is 28.8. The summed E-state index contributed by atoms with van der Waals surface area (Å²) in [5.74, 6) is 0.511. The highest BCUT2D eigenvalue weighted by molar-refractivity contribution is 6.07. The third kappa shape index (κ3) is 5.82. The van der Waals surface area contributed by atoms with Gasteiger partial charge < -0.3 is 24.0 Å². The molecular weight excluding hydrogens is 535 g/mol. The second-order valence-electron chi connectivity index (χ2n) is 11.8. The molecule has 42 heavy (non-hydrogen) atoms. The zero-order valence-electron chi connectivity index (χ0n) is 25.1. The molecule has 1 aromatic carbocycles. The van der Waals surface area contributed by atoms with Gasteiger partial charge in [0, 0.05) is 53.8 Å². The van der Waals surface area contributed by atoms with Gasteiger partial charge in [0.25, 0.3) is 0 Å². The van der Waals surface area contributed by atoms with E-state index in [2.05, 4.69) is 20.8 Å². The van der Waals surface area contributed by atoms with Gasteiger partial charge in [0.15, 0.2) is 0 Å². The van der Waals surface area contributed by atoms with Gasteiger partial charge in [-0.15, -0.1) is 0 Å². The molecule has 5 heterocycles. The van der Waals surface area contributed by atoms with Crippen molar-refractivity contribution in [3.05, 3.63) is 77.3 Å². The number of halogens is 1. The molecule has 0 saturated carbocycles.